The molecule has 0 saturated carbocycles. The van der Waals surface area contributed by atoms with Crippen LogP contribution in [0.4, 0.5) is 0 Å². The van der Waals surface area contributed by atoms with E-state index >= 15 is 0 Å². The van der Waals surface area contributed by atoms with Gasteiger partial charge in [-0.3, -0.25) is 14.6 Å². The minimum Gasteiger partial charge on any atom is -0.368 e. The maximum Gasteiger partial charge on any atom is 0.251 e. The standard InChI is InChI=1S/C26H26N2O3/c29-25(20-11-13-28(14-12-20)26(30)24-6-3-15-31-24)19-9-7-18(8-10-19)22-16-21-4-1-2-5-23(21)27-17-22/h1-2,4-5,7-10,16-17,20,24H,3,6,11-15H2/t24-/m1/s1. The molecule has 5 rings (SSSR count). The van der Waals surface area contributed by atoms with Crippen LogP contribution in [0.3, 0.4) is 0 Å². The average Bonchev–Trinajstić information content (AvgIpc) is 3.38. The van der Waals surface area contributed by atoms with E-state index in [9.17, 15) is 9.59 Å². The smallest absolute Gasteiger partial charge is 0.251 e. The van der Waals surface area contributed by atoms with Gasteiger partial charge in [-0.2, -0.15) is 0 Å². The SMILES string of the molecule is O=C(c1ccc(-c2cnc3ccccc3c2)cc1)C1CCN(C(=O)[C@H]2CCCO2)CC1. The molecule has 2 aliphatic rings. The Morgan fingerprint density at radius 2 is 1.71 bits per heavy atom. The number of benzene rings is 2. The Hall–Kier alpha value is -3.05. The molecule has 0 aliphatic carbocycles. The first-order valence-electron chi connectivity index (χ1n) is 11.1. The average molecular weight is 415 g/mol. The number of piperidine rings is 1. The summed E-state index contributed by atoms with van der Waals surface area (Å²) in [5.74, 6) is 0.242. The van der Waals surface area contributed by atoms with Gasteiger partial charge in [-0.15, -0.1) is 0 Å². The van der Waals surface area contributed by atoms with Gasteiger partial charge >= 0.3 is 0 Å². The van der Waals surface area contributed by atoms with E-state index in [4.69, 9.17) is 4.74 Å². The number of aromatic nitrogens is 1. The molecule has 1 aromatic heterocycles. The molecular formula is C26H26N2O3. The molecule has 2 aliphatic heterocycles. The number of pyridine rings is 1. The molecule has 2 aromatic carbocycles. The summed E-state index contributed by atoms with van der Waals surface area (Å²) in [6, 6.07) is 18.0. The minimum atomic E-state index is -0.274. The minimum absolute atomic E-state index is 0.0262. The highest BCUT2D eigenvalue weighted by Gasteiger charge is 2.32. The summed E-state index contributed by atoms with van der Waals surface area (Å²) in [4.78, 5) is 31.9. The second-order valence-corrected chi connectivity index (χ2v) is 8.46. The lowest BCUT2D eigenvalue weighted by molar-refractivity contribution is -0.142. The van der Waals surface area contributed by atoms with Crippen LogP contribution in [0.15, 0.2) is 60.8 Å². The zero-order valence-corrected chi connectivity index (χ0v) is 17.5. The summed E-state index contributed by atoms with van der Waals surface area (Å²) in [6.45, 7) is 1.95. The van der Waals surface area contributed by atoms with Gasteiger partial charge in [0.25, 0.3) is 5.91 Å². The third-order valence-electron chi connectivity index (χ3n) is 6.48. The van der Waals surface area contributed by atoms with Crippen molar-refractivity contribution < 1.29 is 14.3 Å². The highest BCUT2D eigenvalue weighted by atomic mass is 16.5. The first-order valence-corrected chi connectivity index (χ1v) is 11.1. The second-order valence-electron chi connectivity index (χ2n) is 8.46. The highest BCUT2D eigenvalue weighted by Crippen LogP contribution is 2.27. The molecule has 5 nitrogen and oxygen atoms in total. The van der Waals surface area contributed by atoms with Gasteiger partial charge < -0.3 is 9.64 Å². The number of ketones is 1. The number of para-hydroxylation sites is 1. The van der Waals surface area contributed by atoms with Gasteiger partial charge in [-0.05, 0) is 43.4 Å². The van der Waals surface area contributed by atoms with Gasteiger partial charge in [0.1, 0.15) is 6.10 Å². The Morgan fingerprint density at radius 3 is 2.45 bits per heavy atom. The van der Waals surface area contributed by atoms with Gasteiger partial charge in [-0.25, -0.2) is 0 Å². The largest absolute Gasteiger partial charge is 0.368 e. The van der Waals surface area contributed by atoms with Crippen LogP contribution in [-0.4, -0.2) is 47.4 Å². The summed E-state index contributed by atoms with van der Waals surface area (Å²) >= 11 is 0. The molecule has 0 radical (unpaired) electrons. The lowest BCUT2D eigenvalue weighted by Crippen LogP contribution is -2.44. The summed E-state index contributed by atoms with van der Waals surface area (Å²) in [6.07, 6.45) is 4.80. The Balaban J connectivity index is 1.23. The number of carbonyl (C=O) groups is 2. The van der Waals surface area contributed by atoms with E-state index in [0.29, 0.717) is 32.5 Å². The number of nitrogens with zero attached hydrogens (tertiary/aromatic N) is 2. The maximum atomic E-state index is 13.0. The van der Waals surface area contributed by atoms with Crippen LogP contribution < -0.4 is 0 Å². The van der Waals surface area contributed by atoms with Crippen LogP contribution >= 0.6 is 0 Å². The summed E-state index contributed by atoms with van der Waals surface area (Å²) in [5, 5.41) is 1.10. The molecule has 2 saturated heterocycles. The van der Waals surface area contributed by atoms with Crippen molar-refractivity contribution in [3.8, 4) is 11.1 Å². The Bertz CT molecular complexity index is 1100. The lowest BCUT2D eigenvalue weighted by atomic mass is 9.88. The zero-order chi connectivity index (χ0) is 21.2. The summed E-state index contributed by atoms with van der Waals surface area (Å²) < 4.78 is 5.52. The monoisotopic (exact) mass is 414 g/mol. The molecule has 3 heterocycles. The van der Waals surface area contributed by atoms with Crippen molar-refractivity contribution in [1.82, 2.24) is 9.88 Å². The second kappa shape index (κ2) is 8.60. The van der Waals surface area contributed by atoms with Gasteiger partial charge in [0, 0.05) is 48.3 Å². The number of hydrogen-bond donors (Lipinski definition) is 0. The van der Waals surface area contributed by atoms with E-state index in [2.05, 4.69) is 17.1 Å². The quantitative estimate of drug-likeness (QED) is 0.590. The van der Waals surface area contributed by atoms with E-state index in [1.54, 1.807) is 0 Å². The first kappa shape index (κ1) is 19.9. The van der Waals surface area contributed by atoms with Crippen molar-refractivity contribution in [3.05, 3.63) is 66.4 Å². The molecule has 1 amide bonds. The number of amides is 1. The molecule has 0 bridgehead atoms. The van der Waals surface area contributed by atoms with Crippen LogP contribution in [0.1, 0.15) is 36.0 Å². The fourth-order valence-electron chi connectivity index (χ4n) is 4.63. The number of carbonyl (C=O) groups excluding carboxylic acids is 2. The molecule has 158 valence electrons. The molecule has 3 aromatic rings. The fourth-order valence-corrected chi connectivity index (χ4v) is 4.63. The third-order valence-corrected chi connectivity index (χ3v) is 6.48. The van der Waals surface area contributed by atoms with Crippen LogP contribution in [0.5, 0.6) is 0 Å². The molecule has 31 heavy (non-hydrogen) atoms. The van der Waals surface area contributed by atoms with Gasteiger partial charge in [0.05, 0.1) is 5.52 Å². The number of fused-ring (bicyclic) bond motifs is 1. The molecule has 2 fully saturated rings. The maximum absolute atomic E-state index is 13.0. The molecule has 0 spiro atoms. The normalized spacial score (nSPS) is 19.6. The molecule has 0 unspecified atom stereocenters. The highest BCUT2D eigenvalue weighted by molar-refractivity contribution is 5.98. The first-order chi connectivity index (χ1) is 15.2. The zero-order valence-electron chi connectivity index (χ0n) is 17.5. The predicted molar refractivity (Wildman–Crippen MR) is 120 cm³/mol. The summed E-state index contributed by atoms with van der Waals surface area (Å²) in [7, 11) is 0. The number of likely N-dealkylation sites (tertiary alicyclic amines) is 1. The number of Topliss-reactive ketones (excluding diaryl/α,β-unsaturated/α-hetero) is 1. The van der Waals surface area contributed by atoms with E-state index < -0.39 is 0 Å². The lowest BCUT2D eigenvalue weighted by Gasteiger charge is -2.32. The van der Waals surface area contributed by atoms with E-state index in [1.807, 2.05) is 53.6 Å². The van der Waals surface area contributed by atoms with Gasteiger partial charge in [0.2, 0.25) is 0 Å². The van der Waals surface area contributed by atoms with Crippen molar-refractivity contribution >= 4 is 22.6 Å². The number of hydrogen-bond acceptors (Lipinski definition) is 4. The predicted octanol–water partition coefficient (Wildman–Crippen LogP) is 4.50. The van der Waals surface area contributed by atoms with Gasteiger partial charge in [-0.1, -0.05) is 42.5 Å². The Morgan fingerprint density at radius 1 is 0.935 bits per heavy atom. The van der Waals surface area contributed by atoms with E-state index in [0.717, 1.165) is 40.4 Å². The van der Waals surface area contributed by atoms with Gasteiger partial charge in [0.15, 0.2) is 5.78 Å². The third kappa shape index (κ3) is 4.10. The van der Waals surface area contributed by atoms with Crippen LogP contribution in [0.25, 0.3) is 22.0 Å². The van der Waals surface area contributed by atoms with Crippen LogP contribution in [0.2, 0.25) is 0 Å². The van der Waals surface area contributed by atoms with Crippen LogP contribution in [0, 0.1) is 5.92 Å². The fraction of sp³-hybridized carbons (Fsp3) is 0.346. The number of ether oxygens (including phenoxy) is 1. The van der Waals surface area contributed by atoms with E-state index in [-0.39, 0.29) is 23.7 Å². The molecule has 5 heteroatoms. The molecular weight excluding hydrogens is 388 g/mol. The van der Waals surface area contributed by atoms with Crippen LogP contribution in [-0.2, 0) is 9.53 Å². The van der Waals surface area contributed by atoms with Crippen molar-refractivity contribution in [2.45, 2.75) is 31.8 Å². The van der Waals surface area contributed by atoms with Crippen molar-refractivity contribution in [2.24, 2.45) is 5.92 Å². The van der Waals surface area contributed by atoms with E-state index in [1.165, 1.54) is 0 Å². The Kier molecular flexibility index (Phi) is 5.51. The molecule has 1 atom stereocenters. The van der Waals surface area contributed by atoms with Crippen molar-refractivity contribution in [3.63, 3.8) is 0 Å². The van der Waals surface area contributed by atoms with Crippen molar-refractivity contribution in [1.29, 1.82) is 0 Å². The molecule has 0 N–H and O–H groups in total. The number of rotatable bonds is 4. The summed E-state index contributed by atoms with van der Waals surface area (Å²) in [5.41, 5.74) is 3.80. The van der Waals surface area contributed by atoms with Crippen molar-refractivity contribution in [2.75, 3.05) is 19.7 Å². The Labute approximate surface area is 182 Å². The topological polar surface area (TPSA) is 59.5 Å².